The van der Waals surface area contributed by atoms with Crippen LogP contribution < -0.4 is 5.32 Å². The first-order valence-corrected chi connectivity index (χ1v) is 6.45. The Labute approximate surface area is 113 Å². The number of aromatic nitrogens is 1. The predicted octanol–water partition coefficient (Wildman–Crippen LogP) is 1.83. The minimum Gasteiger partial charge on any atom is -0.347 e. The summed E-state index contributed by atoms with van der Waals surface area (Å²) < 4.78 is 0. The Bertz CT molecular complexity index is 471. The average Bonchev–Trinajstić information content (AvgIpc) is 2.51. The number of nitrogens with one attached hydrogen (secondary N) is 1. The van der Waals surface area contributed by atoms with Crippen LogP contribution in [0.4, 0.5) is 0 Å². The minimum atomic E-state index is -0.494. The molecule has 19 heavy (non-hydrogen) atoms. The number of nitrogens with zero attached hydrogens (tertiary/aromatic N) is 2. The van der Waals surface area contributed by atoms with Crippen LogP contribution in [-0.4, -0.2) is 38.3 Å². The number of amides is 1. The summed E-state index contributed by atoms with van der Waals surface area (Å²) in [5.41, 5.74) is -0.258. The largest absolute Gasteiger partial charge is 0.347 e. The molecule has 1 aromatic rings. The second-order valence-corrected chi connectivity index (χ2v) is 6.24. The first-order valence-electron chi connectivity index (χ1n) is 6.45. The second-order valence-electron chi connectivity index (χ2n) is 6.24. The van der Waals surface area contributed by atoms with Gasteiger partial charge < -0.3 is 10.5 Å². The summed E-state index contributed by atoms with van der Waals surface area (Å²) in [6.45, 7) is 7.79. The van der Waals surface area contributed by atoms with Gasteiger partial charge in [-0.25, -0.2) is 0 Å². The number of rotatable bonds is 2. The molecule has 0 aliphatic carbocycles. The number of hydrogen-bond donors (Lipinski definition) is 2. The van der Waals surface area contributed by atoms with Crippen molar-refractivity contribution in [1.82, 2.24) is 15.4 Å². The van der Waals surface area contributed by atoms with Crippen LogP contribution in [0.5, 0.6) is 0 Å². The molecule has 1 aromatic heterocycles. The molecule has 1 aliphatic heterocycles. The van der Waals surface area contributed by atoms with E-state index in [0.717, 1.165) is 0 Å². The zero-order valence-corrected chi connectivity index (χ0v) is 11.8. The van der Waals surface area contributed by atoms with Crippen LogP contribution in [0, 0.1) is 0 Å². The Morgan fingerprint density at radius 1 is 1.37 bits per heavy atom. The van der Waals surface area contributed by atoms with Crippen molar-refractivity contribution in [2.24, 2.45) is 0 Å². The Kier molecular flexibility index (Phi) is 3.36. The molecule has 1 aliphatic rings. The smallest absolute Gasteiger partial charge is 0.251 e. The van der Waals surface area contributed by atoms with Crippen LogP contribution in [0.2, 0.25) is 0 Å². The van der Waals surface area contributed by atoms with Gasteiger partial charge in [-0.05, 0) is 46.2 Å². The maximum Gasteiger partial charge on any atom is 0.251 e. The van der Waals surface area contributed by atoms with Crippen molar-refractivity contribution >= 4 is 5.91 Å². The maximum atomic E-state index is 12.2. The molecule has 0 aromatic carbocycles. The highest BCUT2D eigenvalue weighted by atomic mass is 16.5. The van der Waals surface area contributed by atoms with Gasteiger partial charge in [-0.1, -0.05) is 0 Å². The molecular weight excluding hydrogens is 242 g/mol. The molecule has 2 rings (SSSR count). The third-order valence-electron chi connectivity index (χ3n) is 3.92. The Hall–Kier alpha value is -1.46. The van der Waals surface area contributed by atoms with Gasteiger partial charge in [-0.15, -0.1) is 0 Å². The van der Waals surface area contributed by atoms with E-state index < -0.39 is 5.54 Å². The maximum absolute atomic E-state index is 12.2. The van der Waals surface area contributed by atoms with Gasteiger partial charge >= 0.3 is 0 Å². The lowest BCUT2D eigenvalue weighted by Gasteiger charge is -2.35. The summed E-state index contributed by atoms with van der Waals surface area (Å²) in [6, 6.07) is 3.26. The zero-order valence-electron chi connectivity index (χ0n) is 11.8. The van der Waals surface area contributed by atoms with Crippen LogP contribution in [-0.2, 0) is 0 Å². The van der Waals surface area contributed by atoms with Crippen molar-refractivity contribution in [2.75, 3.05) is 0 Å². The Morgan fingerprint density at radius 3 is 2.42 bits per heavy atom. The monoisotopic (exact) mass is 263 g/mol. The topological polar surface area (TPSA) is 65.5 Å². The Balaban J connectivity index is 2.14. The van der Waals surface area contributed by atoms with Crippen LogP contribution in [0.25, 0.3) is 0 Å². The van der Waals surface area contributed by atoms with Gasteiger partial charge in [0.25, 0.3) is 5.91 Å². The van der Waals surface area contributed by atoms with Crippen molar-refractivity contribution in [3.8, 4) is 0 Å². The number of hydroxylamine groups is 2. The van der Waals surface area contributed by atoms with Gasteiger partial charge in [0.1, 0.15) is 0 Å². The second kappa shape index (κ2) is 4.58. The number of pyridine rings is 1. The molecule has 0 spiro atoms. The Morgan fingerprint density at radius 2 is 1.95 bits per heavy atom. The highest BCUT2D eigenvalue weighted by Gasteiger charge is 2.51. The first-order chi connectivity index (χ1) is 8.75. The number of carbonyl (C=O) groups excluding carboxylic acids is 1. The number of hydrogen-bond acceptors (Lipinski definition) is 4. The van der Waals surface area contributed by atoms with E-state index in [1.54, 1.807) is 24.5 Å². The normalized spacial score (nSPS) is 25.2. The van der Waals surface area contributed by atoms with Gasteiger partial charge in [0.15, 0.2) is 0 Å². The van der Waals surface area contributed by atoms with Gasteiger partial charge in [-0.3, -0.25) is 9.78 Å². The van der Waals surface area contributed by atoms with Crippen LogP contribution in [0.3, 0.4) is 0 Å². The van der Waals surface area contributed by atoms with Crippen LogP contribution >= 0.6 is 0 Å². The summed E-state index contributed by atoms with van der Waals surface area (Å²) >= 11 is 0. The fraction of sp³-hybridized carbons (Fsp3) is 0.571. The van der Waals surface area contributed by atoms with E-state index in [9.17, 15) is 10.0 Å². The molecule has 104 valence electrons. The van der Waals surface area contributed by atoms with E-state index in [0.29, 0.717) is 12.0 Å². The van der Waals surface area contributed by atoms with Gasteiger partial charge in [-0.2, -0.15) is 5.06 Å². The van der Waals surface area contributed by atoms with Crippen LogP contribution in [0.1, 0.15) is 44.5 Å². The van der Waals surface area contributed by atoms with Crippen molar-refractivity contribution in [1.29, 1.82) is 0 Å². The molecule has 2 N–H and O–H groups in total. The molecule has 0 unspecified atom stereocenters. The molecular formula is C14H21N3O2. The van der Waals surface area contributed by atoms with Crippen molar-refractivity contribution < 1.29 is 10.0 Å². The molecule has 1 amide bonds. The fourth-order valence-electron chi connectivity index (χ4n) is 2.74. The van der Waals surface area contributed by atoms with E-state index in [-0.39, 0.29) is 17.5 Å². The standard InChI is InChI=1S/C14H21N3O2/c1-13(2)9-11(14(3,4)17(13)19)16-12(18)10-5-7-15-8-6-10/h5-8,11,19H,9H2,1-4H3,(H,16,18)/t11-/m0/s1. The van der Waals surface area contributed by atoms with E-state index in [2.05, 4.69) is 10.3 Å². The van der Waals surface area contributed by atoms with Gasteiger partial charge in [0.2, 0.25) is 0 Å². The molecule has 0 radical (unpaired) electrons. The van der Waals surface area contributed by atoms with Gasteiger partial charge in [0, 0.05) is 23.5 Å². The van der Waals surface area contributed by atoms with E-state index in [1.807, 2.05) is 27.7 Å². The third-order valence-corrected chi connectivity index (χ3v) is 3.92. The quantitative estimate of drug-likeness (QED) is 0.854. The van der Waals surface area contributed by atoms with Crippen molar-refractivity contribution in [3.05, 3.63) is 30.1 Å². The lowest BCUT2D eigenvalue weighted by molar-refractivity contribution is -0.193. The molecule has 1 atom stereocenters. The molecule has 0 saturated carbocycles. The highest BCUT2D eigenvalue weighted by Crippen LogP contribution is 2.39. The summed E-state index contributed by atoms with van der Waals surface area (Å²) in [5.74, 6) is -0.133. The first kappa shape index (κ1) is 14.0. The molecule has 5 nitrogen and oxygen atoms in total. The predicted molar refractivity (Wildman–Crippen MR) is 71.9 cm³/mol. The van der Waals surface area contributed by atoms with E-state index >= 15 is 0 Å². The SMILES string of the molecule is CC1(C)C[C@H](NC(=O)c2ccncc2)C(C)(C)N1O. The third kappa shape index (κ3) is 2.48. The fourth-order valence-corrected chi connectivity index (χ4v) is 2.74. The molecule has 0 bridgehead atoms. The number of carbonyl (C=O) groups is 1. The summed E-state index contributed by atoms with van der Waals surface area (Å²) in [4.78, 5) is 16.1. The van der Waals surface area contributed by atoms with E-state index in [1.165, 1.54) is 5.06 Å². The average molecular weight is 263 g/mol. The molecule has 1 fully saturated rings. The highest BCUT2D eigenvalue weighted by molar-refractivity contribution is 5.94. The van der Waals surface area contributed by atoms with Gasteiger partial charge in [0.05, 0.1) is 11.6 Å². The summed E-state index contributed by atoms with van der Waals surface area (Å²) in [5, 5.41) is 14.6. The van der Waals surface area contributed by atoms with Crippen molar-refractivity contribution in [3.63, 3.8) is 0 Å². The molecule has 1 saturated heterocycles. The minimum absolute atomic E-state index is 0.104. The van der Waals surface area contributed by atoms with Crippen molar-refractivity contribution in [2.45, 2.75) is 51.2 Å². The summed E-state index contributed by atoms with van der Waals surface area (Å²) in [6.07, 6.45) is 3.89. The summed E-state index contributed by atoms with van der Waals surface area (Å²) in [7, 11) is 0. The zero-order chi connectivity index (χ0) is 14.3. The van der Waals surface area contributed by atoms with Crippen LogP contribution in [0.15, 0.2) is 24.5 Å². The molecule has 2 heterocycles. The van der Waals surface area contributed by atoms with E-state index in [4.69, 9.17) is 0 Å². The lowest BCUT2D eigenvalue weighted by atomic mass is 9.94. The lowest BCUT2D eigenvalue weighted by Crippen LogP contribution is -2.53. The molecule has 5 heteroatoms.